The Morgan fingerprint density at radius 3 is 2.70 bits per heavy atom. The lowest BCUT2D eigenvalue weighted by Crippen LogP contribution is -2.24. The summed E-state index contributed by atoms with van der Waals surface area (Å²) in [5.41, 5.74) is -0.101. The van der Waals surface area contributed by atoms with E-state index >= 15 is 0 Å². The zero-order valence-electron chi connectivity index (χ0n) is 12.0. The van der Waals surface area contributed by atoms with Crippen LogP contribution >= 0.6 is 23.4 Å². The number of ether oxygens (including phenoxy) is 1. The van der Waals surface area contributed by atoms with E-state index in [1.165, 1.54) is 18.0 Å². The minimum absolute atomic E-state index is 0.110. The number of hydrogen-bond acceptors (Lipinski definition) is 6. The van der Waals surface area contributed by atoms with Gasteiger partial charge in [-0.1, -0.05) is 23.4 Å². The minimum atomic E-state index is -0.883. The topological polar surface area (TPSA) is 72.3 Å². The average Bonchev–Trinajstić information content (AvgIpc) is 2.33. The molecule has 0 bridgehead atoms. The molecule has 1 heterocycles. The van der Waals surface area contributed by atoms with Crippen LogP contribution in [0.1, 0.15) is 45.3 Å². The molecule has 20 heavy (non-hydrogen) atoms. The van der Waals surface area contributed by atoms with Gasteiger partial charge in [0.15, 0.2) is 5.16 Å². The molecule has 0 aliphatic heterocycles. The van der Waals surface area contributed by atoms with Crippen molar-refractivity contribution in [2.24, 2.45) is 0 Å². The predicted molar refractivity (Wildman–Crippen MR) is 78.9 cm³/mol. The number of aliphatic hydroxyl groups is 1. The van der Waals surface area contributed by atoms with E-state index in [0.29, 0.717) is 10.7 Å². The standard InChI is InChI=1S/C13H19ClN2O3S/c1-13(2,3)19-10(18)6-5-9(17)8-7-15-12(20-4)16-11(8)14/h7,9,17H,5-6H2,1-4H3. The van der Waals surface area contributed by atoms with E-state index in [1.807, 2.05) is 6.26 Å². The van der Waals surface area contributed by atoms with Gasteiger partial charge in [-0.25, -0.2) is 9.97 Å². The summed E-state index contributed by atoms with van der Waals surface area (Å²) in [4.78, 5) is 19.7. The smallest absolute Gasteiger partial charge is 0.306 e. The number of aromatic nitrogens is 2. The zero-order valence-corrected chi connectivity index (χ0v) is 13.6. The average molecular weight is 319 g/mol. The lowest BCUT2D eigenvalue weighted by Gasteiger charge is -2.20. The first kappa shape index (κ1) is 17.2. The second-order valence-corrected chi connectivity index (χ2v) is 6.38. The van der Waals surface area contributed by atoms with Gasteiger partial charge in [0.05, 0.1) is 6.10 Å². The molecule has 0 saturated heterocycles. The van der Waals surface area contributed by atoms with Gasteiger partial charge in [-0.05, 0) is 33.4 Å². The van der Waals surface area contributed by atoms with E-state index in [-0.39, 0.29) is 24.0 Å². The molecule has 1 N–H and O–H groups in total. The summed E-state index contributed by atoms with van der Waals surface area (Å²) in [6.07, 6.45) is 2.77. The first-order valence-corrected chi connectivity index (χ1v) is 7.79. The Labute approximate surface area is 128 Å². The van der Waals surface area contributed by atoms with Gasteiger partial charge in [-0.3, -0.25) is 4.79 Å². The fraction of sp³-hybridized carbons (Fsp3) is 0.615. The number of esters is 1. The number of rotatable bonds is 5. The summed E-state index contributed by atoms with van der Waals surface area (Å²) < 4.78 is 5.17. The second kappa shape index (κ2) is 7.24. The SMILES string of the molecule is CSc1ncc(C(O)CCC(=O)OC(C)(C)C)c(Cl)n1. The van der Waals surface area contributed by atoms with Crippen molar-refractivity contribution in [3.8, 4) is 0 Å². The van der Waals surface area contributed by atoms with E-state index in [0.717, 1.165) is 0 Å². The number of thioether (sulfide) groups is 1. The van der Waals surface area contributed by atoms with Gasteiger partial charge < -0.3 is 9.84 Å². The molecule has 112 valence electrons. The summed E-state index contributed by atoms with van der Waals surface area (Å²) in [5, 5.41) is 10.8. The second-order valence-electron chi connectivity index (χ2n) is 5.24. The van der Waals surface area contributed by atoms with Crippen molar-refractivity contribution >= 4 is 29.3 Å². The van der Waals surface area contributed by atoms with Gasteiger partial charge in [-0.15, -0.1) is 0 Å². The van der Waals surface area contributed by atoms with Gasteiger partial charge in [-0.2, -0.15) is 0 Å². The number of hydrogen-bond donors (Lipinski definition) is 1. The molecule has 0 fully saturated rings. The zero-order chi connectivity index (χ0) is 15.3. The summed E-state index contributed by atoms with van der Waals surface area (Å²) >= 11 is 7.35. The number of carbonyl (C=O) groups excluding carboxylic acids is 1. The number of aliphatic hydroxyl groups excluding tert-OH is 1. The van der Waals surface area contributed by atoms with Gasteiger partial charge in [0, 0.05) is 18.2 Å². The first-order chi connectivity index (χ1) is 9.23. The molecule has 0 spiro atoms. The number of nitrogens with zero attached hydrogens (tertiary/aromatic N) is 2. The lowest BCUT2D eigenvalue weighted by atomic mass is 10.1. The summed E-state index contributed by atoms with van der Waals surface area (Å²) in [7, 11) is 0. The third kappa shape index (κ3) is 5.64. The quantitative estimate of drug-likeness (QED) is 0.389. The van der Waals surface area contributed by atoms with Crippen LogP contribution in [0.5, 0.6) is 0 Å². The van der Waals surface area contributed by atoms with Crippen LogP contribution in [0.2, 0.25) is 5.15 Å². The fourth-order valence-electron chi connectivity index (χ4n) is 1.48. The van der Waals surface area contributed by atoms with Crippen LogP contribution in [0.4, 0.5) is 0 Å². The third-order valence-electron chi connectivity index (χ3n) is 2.33. The molecule has 1 aromatic heterocycles. The Balaban J connectivity index is 2.59. The van der Waals surface area contributed by atoms with E-state index < -0.39 is 11.7 Å². The first-order valence-electron chi connectivity index (χ1n) is 6.19. The third-order valence-corrected chi connectivity index (χ3v) is 3.19. The molecule has 1 aromatic rings. The van der Waals surface area contributed by atoms with Gasteiger partial charge in [0.25, 0.3) is 0 Å². The van der Waals surface area contributed by atoms with Crippen LogP contribution in [-0.2, 0) is 9.53 Å². The van der Waals surface area contributed by atoms with Crippen LogP contribution in [0, 0.1) is 0 Å². The Kier molecular flexibility index (Phi) is 6.23. The van der Waals surface area contributed by atoms with Crippen molar-refractivity contribution in [2.75, 3.05) is 6.26 Å². The van der Waals surface area contributed by atoms with E-state index in [2.05, 4.69) is 9.97 Å². The predicted octanol–water partition coefficient (Wildman–Crippen LogP) is 3.01. The normalized spacial score (nSPS) is 13.1. The maximum Gasteiger partial charge on any atom is 0.306 e. The van der Waals surface area contributed by atoms with E-state index in [4.69, 9.17) is 16.3 Å². The van der Waals surface area contributed by atoms with E-state index in [9.17, 15) is 9.90 Å². The van der Waals surface area contributed by atoms with Crippen molar-refractivity contribution in [1.29, 1.82) is 0 Å². The molecule has 0 radical (unpaired) electrons. The van der Waals surface area contributed by atoms with Crippen molar-refractivity contribution in [2.45, 2.75) is 50.5 Å². The summed E-state index contributed by atoms with van der Waals surface area (Å²) in [6, 6.07) is 0. The highest BCUT2D eigenvalue weighted by Crippen LogP contribution is 2.26. The van der Waals surface area contributed by atoms with Crippen molar-refractivity contribution in [1.82, 2.24) is 9.97 Å². The molecule has 0 amide bonds. The highest BCUT2D eigenvalue weighted by atomic mass is 35.5. The van der Waals surface area contributed by atoms with Crippen molar-refractivity contribution < 1.29 is 14.6 Å². The summed E-state index contributed by atoms with van der Waals surface area (Å²) in [5.74, 6) is -0.352. The Morgan fingerprint density at radius 1 is 1.55 bits per heavy atom. The molecule has 1 atom stereocenters. The number of halogens is 1. The van der Waals surface area contributed by atoms with Crippen LogP contribution < -0.4 is 0 Å². The van der Waals surface area contributed by atoms with E-state index in [1.54, 1.807) is 20.8 Å². The maximum atomic E-state index is 11.6. The maximum absolute atomic E-state index is 11.6. The molecule has 5 nitrogen and oxygen atoms in total. The van der Waals surface area contributed by atoms with Crippen LogP contribution in [-0.4, -0.2) is 32.9 Å². The lowest BCUT2D eigenvalue weighted by molar-refractivity contribution is -0.155. The Bertz CT molecular complexity index is 477. The van der Waals surface area contributed by atoms with Crippen molar-refractivity contribution in [3.05, 3.63) is 16.9 Å². The Hall–Kier alpha value is -0.850. The van der Waals surface area contributed by atoms with Crippen LogP contribution in [0.25, 0.3) is 0 Å². The number of carbonyl (C=O) groups is 1. The van der Waals surface area contributed by atoms with Crippen molar-refractivity contribution in [3.63, 3.8) is 0 Å². The largest absolute Gasteiger partial charge is 0.460 e. The Morgan fingerprint density at radius 2 is 2.20 bits per heavy atom. The molecule has 1 rings (SSSR count). The van der Waals surface area contributed by atoms with Gasteiger partial charge in [0.2, 0.25) is 0 Å². The minimum Gasteiger partial charge on any atom is -0.460 e. The summed E-state index contributed by atoms with van der Waals surface area (Å²) in [6.45, 7) is 5.40. The van der Waals surface area contributed by atoms with Crippen LogP contribution in [0.3, 0.4) is 0 Å². The molecule has 0 aliphatic carbocycles. The molecule has 0 saturated carbocycles. The highest BCUT2D eigenvalue weighted by molar-refractivity contribution is 7.98. The van der Waals surface area contributed by atoms with Crippen LogP contribution in [0.15, 0.2) is 11.4 Å². The molecular weight excluding hydrogens is 300 g/mol. The molecular formula is C13H19ClN2O3S. The monoisotopic (exact) mass is 318 g/mol. The highest BCUT2D eigenvalue weighted by Gasteiger charge is 2.19. The molecule has 0 aliphatic rings. The molecule has 0 aromatic carbocycles. The van der Waals surface area contributed by atoms with Gasteiger partial charge in [0.1, 0.15) is 10.8 Å². The fourth-order valence-corrected chi connectivity index (χ4v) is 2.13. The van der Waals surface area contributed by atoms with Gasteiger partial charge >= 0.3 is 5.97 Å². The molecule has 1 unspecified atom stereocenters. The molecule has 7 heteroatoms.